The molecule has 0 saturated heterocycles. The summed E-state index contributed by atoms with van der Waals surface area (Å²) in [5.41, 5.74) is 1.61. The molecule has 3 heteroatoms. The first-order chi connectivity index (χ1) is 9.25. The van der Waals surface area contributed by atoms with Crippen molar-refractivity contribution in [2.75, 3.05) is 0 Å². The fourth-order valence-electron chi connectivity index (χ4n) is 2.55. The van der Waals surface area contributed by atoms with Crippen LogP contribution in [-0.2, 0) is 0 Å². The Labute approximate surface area is 122 Å². The smallest absolute Gasteiger partial charge is 0.155 e. The molecule has 92 valence electrons. The van der Waals surface area contributed by atoms with E-state index in [9.17, 15) is 0 Å². The van der Waals surface area contributed by atoms with E-state index in [0.717, 1.165) is 26.4 Å². The summed E-state index contributed by atoms with van der Waals surface area (Å²) in [6.07, 6.45) is 0. The second-order valence-electron chi connectivity index (χ2n) is 4.50. The molecule has 0 bridgehead atoms. The van der Waals surface area contributed by atoms with Gasteiger partial charge in [-0.25, -0.2) is 0 Å². The Morgan fingerprint density at radius 2 is 1.74 bits per heavy atom. The highest BCUT2D eigenvalue weighted by Gasteiger charge is 2.14. The average molecular weight is 332 g/mol. The lowest BCUT2D eigenvalue weighted by Gasteiger charge is -1.99. The highest BCUT2D eigenvalue weighted by Crippen LogP contribution is 2.39. The van der Waals surface area contributed by atoms with Crippen LogP contribution in [0.25, 0.3) is 32.7 Å². The molecule has 0 saturated carbocycles. The lowest BCUT2D eigenvalue weighted by Crippen LogP contribution is -1.74. The normalized spacial score (nSPS) is 11.7. The predicted octanol–water partition coefficient (Wildman–Crippen LogP) is 6.16. The molecule has 4 aromatic rings. The van der Waals surface area contributed by atoms with Crippen molar-refractivity contribution in [2.24, 2.45) is 0 Å². The summed E-state index contributed by atoms with van der Waals surface area (Å²) in [7, 11) is 0. The first-order valence-electron chi connectivity index (χ1n) is 5.93. The summed E-state index contributed by atoms with van der Waals surface area (Å²) in [6, 6.07) is 16.4. The van der Waals surface area contributed by atoms with Gasteiger partial charge in [-0.2, -0.15) is 0 Å². The summed E-state index contributed by atoms with van der Waals surface area (Å²) < 4.78 is 6.76. The van der Waals surface area contributed by atoms with Crippen LogP contribution >= 0.6 is 27.5 Å². The van der Waals surface area contributed by atoms with E-state index >= 15 is 0 Å². The van der Waals surface area contributed by atoms with E-state index in [1.165, 1.54) is 10.8 Å². The maximum atomic E-state index is 6.31. The minimum Gasteiger partial charge on any atom is -0.454 e. The number of hydrogen-bond acceptors (Lipinski definition) is 1. The van der Waals surface area contributed by atoms with Gasteiger partial charge in [0, 0.05) is 15.2 Å². The molecular weight excluding hydrogens is 324 g/mol. The quantitative estimate of drug-likeness (QED) is 0.376. The van der Waals surface area contributed by atoms with Gasteiger partial charge in [0.25, 0.3) is 0 Å². The van der Waals surface area contributed by atoms with E-state index in [2.05, 4.69) is 34.1 Å². The summed E-state index contributed by atoms with van der Waals surface area (Å²) in [5.74, 6) is 0. The average Bonchev–Trinajstić information content (AvgIpc) is 2.83. The first kappa shape index (κ1) is 11.3. The zero-order valence-electron chi connectivity index (χ0n) is 9.78. The van der Waals surface area contributed by atoms with E-state index < -0.39 is 0 Å². The molecule has 0 fully saturated rings. The molecule has 3 aromatic carbocycles. The van der Waals surface area contributed by atoms with Gasteiger partial charge in [-0.15, -0.1) is 0 Å². The maximum Gasteiger partial charge on any atom is 0.155 e. The second-order valence-corrected chi connectivity index (χ2v) is 5.73. The SMILES string of the molecule is Clc1c(Br)ccc2c1oc1ccc3ccccc3c12. The van der Waals surface area contributed by atoms with E-state index in [-0.39, 0.29) is 0 Å². The van der Waals surface area contributed by atoms with Crippen molar-refractivity contribution in [3.8, 4) is 0 Å². The van der Waals surface area contributed by atoms with Crippen molar-refractivity contribution in [3.05, 3.63) is 58.0 Å². The fourth-order valence-corrected chi connectivity index (χ4v) is 3.07. The standard InChI is InChI=1S/C16H8BrClO/c17-12-7-6-11-14-10-4-2-1-3-9(10)5-8-13(14)19-16(11)15(12)18/h1-8H. The molecule has 1 heterocycles. The van der Waals surface area contributed by atoms with Crippen molar-refractivity contribution < 1.29 is 4.42 Å². The largest absolute Gasteiger partial charge is 0.454 e. The Morgan fingerprint density at radius 3 is 2.63 bits per heavy atom. The van der Waals surface area contributed by atoms with Gasteiger partial charge < -0.3 is 4.42 Å². The van der Waals surface area contributed by atoms with Crippen LogP contribution < -0.4 is 0 Å². The van der Waals surface area contributed by atoms with Gasteiger partial charge in [0.1, 0.15) is 5.58 Å². The Bertz CT molecular complexity index is 940. The Morgan fingerprint density at radius 1 is 0.895 bits per heavy atom. The molecule has 19 heavy (non-hydrogen) atoms. The van der Waals surface area contributed by atoms with Crippen molar-refractivity contribution in [1.82, 2.24) is 0 Å². The van der Waals surface area contributed by atoms with Gasteiger partial charge in [0.2, 0.25) is 0 Å². The predicted molar refractivity (Wildman–Crippen MR) is 83.9 cm³/mol. The van der Waals surface area contributed by atoms with Gasteiger partial charge in [0.05, 0.1) is 5.02 Å². The third-order valence-corrected chi connectivity index (χ3v) is 4.69. The van der Waals surface area contributed by atoms with Gasteiger partial charge in [-0.05, 0) is 44.9 Å². The minimum absolute atomic E-state index is 0.623. The fraction of sp³-hybridized carbons (Fsp3) is 0. The lowest BCUT2D eigenvalue weighted by molar-refractivity contribution is 0.669. The van der Waals surface area contributed by atoms with E-state index in [0.29, 0.717) is 5.02 Å². The van der Waals surface area contributed by atoms with Crippen LogP contribution in [0.15, 0.2) is 57.4 Å². The van der Waals surface area contributed by atoms with Gasteiger partial charge in [-0.1, -0.05) is 41.9 Å². The Hall–Kier alpha value is -1.51. The van der Waals surface area contributed by atoms with Crippen LogP contribution in [0.1, 0.15) is 0 Å². The number of halogens is 2. The van der Waals surface area contributed by atoms with Crippen LogP contribution in [-0.4, -0.2) is 0 Å². The van der Waals surface area contributed by atoms with Gasteiger partial charge >= 0.3 is 0 Å². The molecule has 0 radical (unpaired) electrons. The number of hydrogen-bond donors (Lipinski definition) is 0. The zero-order chi connectivity index (χ0) is 13.0. The number of furan rings is 1. The molecule has 0 aliphatic rings. The van der Waals surface area contributed by atoms with Crippen LogP contribution in [0.5, 0.6) is 0 Å². The van der Waals surface area contributed by atoms with Crippen LogP contribution in [0.2, 0.25) is 5.02 Å². The third kappa shape index (κ3) is 1.54. The van der Waals surface area contributed by atoms with E-state index in [4.69, 9.17) is 16.0 Å². The Kier molecular flexibility index (Phi) is 2.38. The van der Waals surface area contributed by atoms with Gasteiger partial charge in [-0.3, -0.25) is 0 Å². The van der Waals surface area contributed by atoms with Crippen molar-refractivity contribution >= 4 is 60.2 Å². The second kappa shape index (κ2) is 3.99. The monoisotopic (exact) mass is 330 g/mol. The molecule has 0 spiro atoms. The Balaban J connectivity index is 2.34. The zero-order valence-corrected chi connectivity index (χ0v) is 12.1. The highest BCUT2D eigenvalue weighted by molar-refractivity contribution is 9.10. The highest BCUT2D eigenvalue weighted by atomic mass is 79.9. The molecule has 0 aliphatic heterocycles. The van der Waals surface area contributed by atoms with Gasteiger partial charge in [0.15, 0.2) is 5.58 Å². The minimum atomic E-state index is 0.623. The van der Waals surface area contributed by atoms with Crippen molar-refractivity contribution in [1.29, 1.82) is 0 Å². The van der Waals surface area contributed by atoms with Crippen molar-refractivity contribution in [3.63, 3.8) is 0 Å². The first-order valence-corrected chi connectivity index (χ1v) is 7.11. The summed E-state index contributed by atoms with van der Waals surface area (Å²) in [6.45, 7) is 0. The molecule has 1 nitrogen and oxygen atoms in total. The lowest BCUT2D eigenvalue weighted by atomic mass is 10.0. The summed E-state index contributed by atoms with van der Waals surface area (Å²) in [4.78, 5) is 0. The molecule has 0 unspecified atom stereocenters. The number of benzene rings is 3. The van der Waals surface area contributed by atoms with Crippen LogP contribution in [0.4, 0.5) is 0 Å². The van der Waals surface area contributed by atoms with Crippen LogP contribution in [0.3, 0.4) is 0 Å². The van der Waals surface area contributed by atoms with Crippen LogP contribution in [0, 0.1) is 0 Å². The topological polar surface area (TPSA) is 13.1 Å². The van der Waals surface area contributed by atoms with E-state index in [1.54, 1.807) is 0 Å². The number of rotatable bonds is 0. The molecule has 0 aliphatic carbocycles. The molecule has 0 amide bonds. The third-order valence-electron chi connectivity index (χ3n) is 3.42. The van der Waals surface area contributed by atoms with E-state index in [1.807, 2.05) is 30.3 Å². The molecular formula is C16H8BrClO. The van der Waals surface area contributed by atoms with Crippen molar-refractivity contribution in [2.45, 2.75) is 0 Å². The number of fused-ring (bicyclic) bond motifs is 5. The molecule has 4 rings (SSSR count). The molecule has 0 N–H and O–H groups in total. The summed E-state index contributed by atoms with van der Waals surface area (Å²) in [5, 5.41) is 5.20. The summed E-state index contributed by atoms with van der Waals surface area (Å²) >= 11 is 9.74. The molecule has 1 aromatic heterocycles. The molecule has 0 atom stereocenters. The maximum absolute atomic E-state index is 6.31.